The summed E-state index contributed by atoms with van der Waals surface area (Å²) in [5, 5.41) is 11.0. The van der Waals surface area contributed by atoms with E-state index in [2.05, 4.69) is 0 Å². The first-order chi connectivity index (χ1) is 10.4. The van der Waals surface area contributed by atoms with Gasteiger partial charge in [0, 0.05) is 25.0 Å². The van der Waals surface area contributed by atoms with Crippen LogP contribution in [0, 0.1) is 10.1 Å². The third kappa shape index (κ3) is 8.39. The van der Waals surface area contributed by atoms with Gasteiger partial charge in [-0.15, -0.1) is 0 Å². The average Bonchev–Trinajstić information content (AvgIpc) is 2.50. The Morgan fingerprint density at radius 2 is 1.77 bits per heavy atom. The van der Waals surface area contributed by atoms with Crippen LogP contribution in [-0.2, 0) is 16.0 Å². The maximum atomic E-state index is 11.0. The van der Waals surface area contributed by atoms with Crippen LogP contribution in [0.25, 0.3) is 0 Å². The molecule has 0 bridgehead atoms. The van der Waals surface area contributed by atoms with Crippen molar-refractivity contribution in [3.8, 4) is 0 Å². The lowest BCUT2D eigenvalue weighted by Gasteiger charge is -2.08. The minimum absolute atomic E-state index is 0.0911. The Kier molecular flexibility index (Phi) is 13.0. The fraction of sp³-hybridized carbons (Fsp3) is 0.588. The van der Waals surface area contributed by atoms with E-state index in [1.165, 1.54) is 6.92 Å². The first-order valence-electron chi connectivity index (χ1n) is 7.82. The molecule has 0 aliphatic carbocycles. The van der Waals surface area contributed by atoms with Crippen molar-refractivity contribution in [1.29, 1.82) is 0 Å². The predicted octanol–water partition coefficient (Wildman–Crippen LogP) is 4.88. The van der Waals surface area contributed by atoms with Crippen molar-refractivity contribution in [3.05, 3.63) is 39.4 Å². The molecule has 126 valence electrons. The summed E-state index contributed by atoms with van der Waals surface area (Å²) in [5.74, 6) is -0.136. The van der Waals surface area contributed by atoms with E-state index < -0.39 is 4.92 Å². The summed E-state index contributed by atoms with van der Waals surface area (Å²) in [6.45, 7) is 13.4. The van der Waals surface area contributed by atoms with Gasteiger partial charge in [0.05, 0.1) is 11.5 Å². The van der Waals surface area contributed by atoms with Crippen LogP contribution in [-0.4, -0.2) is 17.5 Å². The molecule has 1 aromatic carbocycles. The lowest BCUT2D eigenvalue weighted by Crippen LogP contribution is -2.05. The second-order valence-electron chi connectivity index (χ2n) is 4.39. The lowest BCUT2D eigenvalue weighted by atomic mass is 9.99. The van der Waals surface area contributed by atoms with Crippen LogP contribution < -0.4 is 0 Å². The Labute approximate surface area is 133 Å². The van der Waals surface area contributed by atoms with Gasteiger partial charge in [-0.1, -0.05) is 53.7 Å². The third-order valence-electron chi connectivity index (χ3n) is 2.65. The summed E-state index contributed by atoms with van der Waals surface area (Å²) in [6, 6.07) is 5.20. The van der Waals surface area contributed by atoms with Crippen molar-refractivity contribution in [3.63, 3.8) is 0 Å². The smallest absolute Gasteiger partial charge is 0.302 e. The second kappa shape index (κ2) is 12.8. The van der Waals surface area contributed by atoms with Crippen molar-refractivity contribution in [2.45, 2.75) is 60.8 Å². The Hall–Kier alpha value is -1.91. The monoisotopic (exact) mass is 311 g/mol. The zero-order valence-electron chi connectivity index (χ0n) is 14.8. The van der Waals surface area contributed by atoms with Gasteiger partial charge >= 0.3 is 5.97 Å². The summed E-state index contributed by atoms with van der Waals surface area (Å²) in [7, 11) is 0. The first-order valence-corrected chi connectivity index (χ1v) is 7.82. The van der Waals surface area contributed by atoms with Gasteiger partial charge < -0.3 is 4.74 Å². The SMILES string of the molecule is CC.CC.CC(=O)OCCc1ccc(C(C)C)cc1[N+](=O)[O-]. The molecule has 5 heteroatoms. The fourth-order valence-electron chi connectivity index (χ4n) is 1.63. The van der Waals surface area contributed by atoms with E-state index >= 15 is 0 Å². The zero-order valence-corrected chi connectivity index (χ0v) is 14.8. The van der Waals surface area contributed by atoms with Gasteiger partial charge in [-0.3, -0.25) is 14.9 Å². The number of carbonyl (C=O) groups excluding carboxylic acids is 1. The van der Waals surface area contributed by atoms with Gasteiger partial charge in [0.15, 0.2) is 0 Å². The number of hydrogen-bond donors (Lipinski definition) is 0. The van der Waals surface area contributed by atoms with Crippen molar-refractivity contribution in [2.24, 2.45) is 0 Å². The molecule has 0 saturated heterocycles. The van der Waals surface area contributed by atoms with Crippen LogP contribution in [0.1, 0.15) is 65.5 Å². The lowest BCUT2D eigenvalue weighted by molar-refractivity contribution is -0.385. The molecule has 0 radical (unpaired) electrons. The zero-order chi connectivity index (χ0) is 17.7. The van der Waals surface area contributed by atoms with Crippen molar-refractivity contribution in [2.75, 3.05) is 6.61 Å². The Morgan fingerprint density at radius 3 is 2.18 bits per heavy atom. The number of rotatable bonds is 5. The van der Waals surface area contributed by atoms with E-state index in [1.54, 1.807) is 12.1 Å². The number of ether oxygens (including phenoxy) is 1. The quantitative estimate of drug-likeness (QED) is 0.441. The maximum absolute atomic E-state index is 11.0. The third-order valence-corrected chi connectivity index (χ3v) is 2.65. The molecular formula is C17H29NO4. The largest absolute Gasteiger partial charge is 0.466 e. The second-order valence-corrected chi connectivity index (χ2v) is 4.39. The number of carbonyl (C=O) groups is 1. The molecule has 22 heavy (non-hydrogen) atoms. The number of benzene rings is 1. The highest BCUT2D eigenvalue weighted by Gasteiger charge is 2.15. The molecule has 0 spiro atoms. The molecule has 0 atom stereocenters. The van der Waals surface area contributed by atoms with Crippen LogP contribution in [0.4, 0.5) is 5.69 Å². The molecule has 0 aliphatic rings. The normalized spacial score (nSPS) is 9.09. The molecule has 1 aromatic rings. The first kappa shape index (κ1) is 22.4. The molecule has 5 nitrogen and oxygen atoms in total. The van der Waals surface area contributed by atoms with Crippen molar-refractivity contribution < 1.29 is 14.5 Å². The number of hydrogen-bond acceptors (Lipinski definition) is 4. The Bertz CT molecular complexity index is 456. The average molecular weight is 311 g/mol. The highest BCUT2D eigenvalue weighted by Crippen LogP contribution is 2.25. The van der Waals surface area contributed by atoms with E-state index in [0.717, 1.165) is 5.56 Å². The number of esters is 1. The Morgan fingerprint density at radius 1 is 1.23 bits per heavy atom. The van der Waals surface area contributed by atoms with Gasteiger partial charge in [-0.25, -0.2) is 0 Å². The van der Waals surface area contributed by atoms with Crippen LogP contribution in [0.2, 0.25) is 0 Å². The highest BCUT2D eigenvalue weighted by atomic mass is 16.6. The Balaban J connectivity index is 0. The van der Waals surface area contributed by atoms with Gasteiger partial charge in [0.1, 0.15) is 0 Å². The molecular weight excluding hydrogens is 282 g/mol. The van der Waals surface area contributed by atoms with E-state index in [0.29, 0.717) is 12.0 Å². The standard InChI is InChI=1S/C13H17NO4.2C2H6/c1-9(2)12-5-4-11(6-7-18-10(3)15)13(8-12)14(16)17;2*1-2/h4-5,8-9H,6-7H2,1-3H3;2*1-2H3. The summed E-state index contributed by atoms with van der Waals surface area (Å²) in [4.78, 5) is 21.2. The van der Waals surface area contributed by atoms with Crippen LogP contribution in [0.5, 0.6) is 0 Å². The molecule has 0 fully saturated rings. The molecule has 0 amide bonds. The topological polar surface area (TPSA) is 69.4 Å². The summed E-state index contributed by atoms with van der Waals surface area (Å²) >= 11 is 0. The summed E-state index contributed by atoms with van der Waals surface area (Å²) < 4.78 is 4.80. The molecule has 0 saturated carbocycles. The maximum Gasteiger partial charge on any atom is 0.302 e. The van der Waals surface area contributed by atoms with Crippen LogP contribution in [0.3, 0.4) is 0 Å². The van der Waals surface area contributed by atoms with E-state index in [-0.39, 0.29) is 24.2 Å². The molecule has 0 heterocycles. The van der Waals surface area contributed by atoms with Crippen molar-refractivity contribution >= 4 is 11.7 Å². The van der Waals surface area contributed by atoms with Gasteiger partial charge in [-0.05, 0) is 11.5 Å². The molecule has 0 N–H and O–H groups in total. The van der Waals surface area contributed by atoms with Gasteiger partial charge in [-0.2, -0.15) is 0 Å². The minimum Gasteiger partial charge on any atom is -0.466 e. The number of nitro benzene ring substituents is 1. The number of nitro groups is 1. The summed E-state index contributed by atoms with van der Waals surface area (Å²) in [6.07, 6.45) is 0.355. The number of nitrogens with zero attached hydrogens (tertiary/aromatic N) is 1. The molecule has 0 aliphatic heterocycles. The van der Waals surface area contributed by atoms with Gasteiger partial charge in [0.2, 0.25) is 0 Å². The van der Waals surface area contributed by atoms with Crippen molar-refractivity contribution in [1.82, 2.24) is 0 Å². The minimum atomic E-state index is -0.394. The molecule has 0 aromatic heterocycles. The summed E-state index contributed by atoms with van der Waals surface area (Å²) in [5.41, 5.74) is 1.61. The molecule has 1 rings (SSSR count). The van der Waals surface area contributed by atoms with Gasteiger partial charge in [0.25, 0.3) is 5.69 Å². The highest BCUT2D eigenvalue weighted by molar-refractivity contribution is 5.65. The predicted molar refractivity (Wildman–Crippen MR) is 90.2 cm³/mol. The van der Waals surface area contributed by atoms with Crippen LogP contribution in [0.15, 0.2) is 18.2 Å². The van der Waals surface area contributed by atoms with E-state index in [1.807, 2.05) is 47.6 Å². The molecule has 0 unspecified atom stereocenters. The fourth-order valence-corrected chi connectivity index (χ4v) is 1.63. The van der Waals surface area contributed by atoms with Crippen LogP contribution >= 0.6 is 0 Å². The van der Waals surface area contributed by atoms with E-state index in [9.17, 15) is 14.9 Å². The van der Waals surface area contributed by atoms with E-state index in [4.69, 9.17) is 4.74 Å².